The summed E-state index contributed by atoms with van der Waals surface area (Å²) in [7, 11) is 0. The molecule has 0 unspecified atom stereocenters. The van der Waals surface area contributed by atoms with Gasteiger partial charge in [-0.1, -0.05) is 18.2 Å². The minimum atomic E-state index is -0.378. The molecule has 1 aliphatic rings. The molecule has 176 valence electrons. The molecular formula is C27H23N3O4S. The summed E-state index contributed by atoms with van der Waals surface area (Å²) in [6, 6.07) is 18.1. The van der Waals surface area contributed by atoms with Crippen LogP contribution in [0.3, 0.4) is 0 Å². The Kier molecular flexibility index (Phi) is 6.90. The van der Waals surface area contributed by atoms with Gasteiger partial charge in [0, 0.05) is 17.1 Å². The number of carbonyl (C=O) groups excluding carboxylic acids is 3. The number of hydrogen-bond acceptors (Lipinski definition) is 6. The monoisotopic (exact) mass is 485 g/mol. The number of carbonyl (C=O) groups is 3. The molecule has 0 aliphatic carbocycles. The molecular weight excluding hydrogens is 462 g/mol. The van der Waals surface area contributed by atoms with Crippen molar-refractivity contribution in [1.82, 2.24) is 9.47 Å². The Morgan fingerprint density at radius 2 is 1.83 bits per heavy atom. The summed E-state index contributed by atoms with van der Waals surface area (Å²) in [5.74, 6) is -0.745. The lowest BCUT2D eigenvalue weighted by Gasteiger charge is -2.13. The second-order valence-electron chi connectivity index (χ2n) is 7.97. The van der Waals surface area contributed by atoms with Crippen molar-refractivity contribution in [2.45, 2.75) is 27.3 Å². The number of aromatic nitrogens is 1. The van der Waals surface area contributed by atoms with E-state index in [0.717, 1.165) is 34.4 Å². The Bertz CT molecular complexity index is 1400. The van der Waals surface area contributed by atoms with Crippen LogP contribution in [0.15, 0.2) is 59.5 Å². The summed E-state index contributed by atoms with van der Waals surface area (Å²) in [5.41, 5.74) is 5.07. The van der Waals surface area contributed by atoms with Crippen LogP contribution in [-0.2, 0) is 16.1 Å². The summed E-state index contributed by atoms with van der Waals surface area (Å²) in [5, 5.41) is 8.95. The minimum absolute atomic E-state index is 0.0532. The fourth-order valence-electron chi connectivity index (χ4n) is 4.01. The van der Waals surface area contributed by atoms with Crippen LogP contribution >= 0.6 is 11.8 Å². The second-order valence-corrected chi connectivity index (χ2v) is 8.96. The van der Waals surface area contributed by atoms with Crippen molar-refractivity contribution in [2.24, 2.45) is 0 Å². The predicted molar refractivity (Wildman–Crippen MR) is 134 cm³/mol. The Morgan fingerprint density at radius 1 is 1.11 bits per heavy atom. The van der Waals surface area contributed by atoms with E-state index < -0.39 is 0 Å². The maximum Gasteiger partial charge on any atom is 0.338 e. The zero-order valence-corrected chi connectivity index (χ0v) is 20.4. The van der Waals surface area contributed by atoms with E-state index in [0.29, 0.717) is 28.2 Å². The SMILES string of the molecule is CCOC(=O)c1ccc(-n2c(C)cc(/C=C3/SC(=O)N(Cc4ccccc4C#N)C3=O)c2C)cc1. The molecule has 1 aliphatic heterocycles. The van der Waals surface area contributed by atoms with Gasteiger partial charge >= 0.3 is 5.97 Å². The molecule has 1 aromatic heterocycles. The fourth-order valence-corrected chi connectivity index (χ4v) is 4.84. The number of ether oxygens (including phenoxy) is 1. The van der Waals surface area contributed by atoms with Gasteiger partial charge in [-0.15, -0.1) is 0 Å². The van der Waals surface area contributed by atoms with Crippen molar-refractivity contribution in [2.75, 3.05) is 6.61 Å². The minimum Gasteiger partial charge on any atom is -0.462 e. The number of amides is 2. The van der Waals surface area contributed by atoms with Gasteiger partial charge in [0.1, 0.15) is 0 Å². The highest BCUT2D eigenvalue weighted by Gasteiger charge is 2.35. The molecule has 0 saturated carbocycles. The first kappa shape index (κ1) is 24.0. The number of imide groups is 1. The zero-order chi connectivity index (χ0) is 25.1. The number of aryl methyl sites for hydroxylation is 1. The van der Waals surface area contributed by atoms with E-state index in [1.54, 1.807) is 49.4 Å². The number of hydrogen-bond donors (Lipinski definition) is 0. The Morgan fingerprint density at radius 3 is 2.51 bits per heavy atom. The van der Waals surface area contributed by atoms with E-state index in [2.05, 4.69) is 6.07 Å². The largest absolute Gasteiger partial charge is 0.462 e. The summed E-state index contributed by atoms with van der Waals surface area (Å²) in [4.78, 5) is 39.1. The van der Waals surface area contributed by atoms with Crippen LogP contribution in [0.4, 0.5) is 4.79 Å². The van der Waals surface area contributed by atoms with E-state index in [9.17, 15) is 19.6 Å². The Labute approximate surface area is 207 Å². The average Bonchev–Trinajstić information content (AvgIpc) is 3.28. The van der Waals surface area contributed by atoms with Gasteiger partial charge in [-0.2, -0.15) is 5.26 Å². The highest BCUT2D eigenvalue weighted by molar-refractivity contribution is 8.18. The Balaban J connectivity index is 1.59. The molecule has 0 spiro atoms. The first-order valence-electron chi connectivity index (χ1n) is 11.0. The summed E-state index contributed by atoms with van der Waals surface area (Å²) in [6.45, 7) is 6.02. The van der Waals surface area contributed by atoms with E-state index in [4.69, 9.17) is 4.74 Å². The van der Waals surface area contributed by atoms with Gasteiger partial charge in [0.25, 0.3) is 11.1 Å². The number of nitrogens with zero attached hydrogens (tertiary/aromatic N) is 3. The lowest BCUT2D eigenvalue weighted by atomic mass is 10.1. The lowest BCUT2D eigenvalue weighted by Crippen LogP contribution is -2.27. The standard InChI is InChI=1S/C27H23N3O4S/c1-4-34-26(32)19-9-11-23(12-10-19)30-17(2)13-22(18(30)3)14-24-25(31)29(27(33)35-24)16-21-8-6-5-7-20(21)15-28/h5-14H,4,16H2,1-3H3/b24-14+. The van der Waals surface area contributed by atoms with Crippen LogP contribution in [0.1, 0.15) is 45.4 Å². The average molecular weight is 486 g/mol. The van der Waals surface area contributed by atoms with Crippen molar-refractivity contribution in [3.8, 4) is 11.8 Å². The van der Waals surface area contributed by atoms with Gasteiger partial charge < -0.3 is 9.30 Å². The molecule has 8 heteroatoms. The number of rotatable bonds is 6. The molecule has 0 atom stereocenters. The third kappa shape index (κ3) is 4.77. The quantitative estimate of drug-likeness (QED) is 0.344. The molecule has 4 rings (SSSR count). The Hall–Kier alpha value is -4.09. The topological polar surface area (TPSA) is 92.4 Å². The highest BCUT2D eigenvalue weighted by Crippen LogP contribution is 2.35. The van der Waals surface area contributed by atoms with Gasteiger partial charge in [-0.3, -0.25) is 14.5 Å². The van der Waals surface area contributed by atoms with Crippen LogP contribution < -0.4 is 0 Å². The fraction of sp³-hybridized carbons (Fsp3) is 0.185. The summed E-state index contributed by atoms with van der Waals surface area (Å²) in [6.07, 6.45) is 1.73. The third-order valence-electron chi connectivity index (χ3n) is 5.73. The number of thioether (sulfide) groups is 1. The van der Waals surface area contributed by atoms with Gasteiger partial charge in [-0.05, 0) is 86.1 Å². The van der Waals surface area contributed by atoms with E-state index >= 15 is 0 Å². The van der Waals surface area contributed by atoms with E-state index in [1.807, 2.05) is 36.6 Å². The van der Waals surface area contributed by atoms with Crippen molar-refractivity contribution < 1.29 is 19.1 Å². The predicted octanol–water partition coefficient (Wildman–Crippen LogP) is 5.38. The number of esters is 1. The van der Waals surface area contributed by atoms with Crippen molar-refractivity contribution in [3.05, 3.63) is 93.1 Å². The maximum absolute atomic E-state index is 13.0. The van der Waals surface area contributed by atoms with Gasteiger partial charge in [0.05, 0.1) is 35.3 Å². The van der Waals surface area contributed by atoms with E-state index in [-0.39, 0.29) is 23.7 Å². The molecule has 1 fully saturated rings. The molecule has 0 radical (unpaired) electrons. The second kappa shape index (κ2) is 10.0. The maximum atomic E-state index is 13.0. The van der Waals surface area contributed by atoms with Gasteiger partial charge in [0.2, 0.25) is 0 Å². The smallest absolute Gasteiger partial charge is 0.338 e. The molecule has 2 aromatic carbocycles. The zero-order valence-electron chi connectivity index (χ0n) is 19.6. The summed E-state index contributed by atoms with van der Waals surface area (Å²) < 4.78 is 7.06. The first-order valence-corrected chi connectivity index (χ1v) is 11.9. The van der Waals surface area contributed by atoms with Crippen LogP contribution in [0.2, 0.25) is 0 Å². The van der Waals surface area contributed by atoms with Crippen molar-refractivity contribution in [3.63, 3.8) is 0 Å². The normalized spacial score (nSPS) is 14.5. The molecule has 7 nitrogen and oxygen atoms in total. The van der Waals surface area contributed by atoms with Gasteiger partial charge in [0.15, 0.2) is 0 Å². The molecule has 0 N–H and O–H groups in total. The van der Waals surface area contributed by atoms with Crippen molar-refractivity contribution >= 4 is 35.0 Å². The van der Waals surface area contributed by atoms with Crippen LogP contribution in [-0.4, -0.2) is 33.2 Å². The highest BCUT2D eigenvalue weighted by atomic mass is 32.2. The van der Waals surface area contributed by atoms with Gasteiger partial charge in [-0.25, -0.2) is 4.79 Å². The number of nitriles is 1. The van der Waals surface area contributed by atoms with Crippen LogP contribution in [0.25, 0.3) is 11.8 Å². The van der Waals surface area contributed by atoms with Crippen LogP contribution in [0.5, 0.6) is 0 Å². The lowest BCUT2D eigenvalue weighted by molar-refractivity contribution is -0.123. The van der Waals surface area contributed by atoms with Crippen LogP contribution in [0, 0.1) is 25.2 Å². The molecule has 3 aromatic rings. The number of benzene rings is 2. The van der Waals surface area contributed by atoms with E-state index in [1.165, 1.54) is 4.90 Å². The molecule has 2 heterocycles. The molecule has 0 bridgehead atoms. The molecule has 2 amide bonds. The first-order chi connectivity index (χ1) is 16.8. The molecule has 1 saturated heterocycles. The summed E-state index contributed by atoms with van der Waals surface area (Å²) >= 11 is 0.894. The molecule has 35 heavy (non-hydrogen) atoms. The van der Waals surface area contributed by atoms with Crippen molar-refractivity contribution in [1.29, 1.82) is 5.26 Å². The third-order valence-corrected chi connectivity index (χ3v) is 6.64.